The zero-order valence-electron chi connectivity index (χ0n) is 13.2. The van der Waals surface area contributed by atoms with Gasteiger partial charge in [-0.3, -0.25) is 0 Å². The standard InChI is InChI=1S/C19H19NO3/c1-13-7-8-14(2)18(11-13)23-10-9-20-12-16(19(21)22)15-5-3-4-6-17(15)20/h3-8,11-12H,9-10H2,1-2H3,(H,21,22)/p-1. The van der Waals surface area contributed by atoms with Gasteiger partial charge < -0.3 is 19.2 Å². The Balaban J connectivity index is 1.80. The molecule has 3 rings (SSSR count). The van der Waals surface area contributed by atoms with Gasteiger partial charge >= 0.3 is 0 Å². The van der Waals surface area contributed by atoms with Gasteiger partial charge in [-0.2, -0.15) is 0 Å². The van der Waals surface area contributed by atoms with Gasteiger partial charge in [0.15, 0.2) is 0 Å². The SMILES string of the molecule is Cc1ccc(C)c(OCCn2cc(C(=O)[O-])c3ccccc32)c1. The number of ether oxygens (including phenoxy) is 1. The Hall–Kier alpha value is -2.75. The lowest BCUT2D eigenvalue weighted by atomic mass is 10.1. The van der Waals surface area contributed by atoms with Crippen LogP contribution in [0.1, 0.15) is 21.5 Å². The van der Waals surface area contributed by atoms with Gasteiger partial charge in [-0.25, -0.2) is 0 Å². The van der Waals surface area contributed by atoms with E-state index in [-0.39, 0.29) is 5.56 Å². The summed E-state index contributed by atoms with van der Waals surface area (Å²) in [5.74, 6) is -0.294. The van der Waals surface area contributed by atoms with Crippen molar-refractivity contribution in [2.75, 3.05) is 6.61 Å². The molecule has 0 unspecified atom stereocenters. The summed E-state index contributed by atoms with van der Waals surface area (Å²) in [6, 6.07) is 13.5. The molecule has 0 saturated heterocycles. The predicted molar refractivity (Wildman–Crippen MR) is 87.7 cm³/mol. The van der Waals surface area contributed by atoms with E-state index in [2.05, 4.69) is 0 Å². The Labute approximate surface area is 134 Å². The van der Waals surface area contributed by atoms with Gasteiger partial charge in [0, 0.05) is 22.7 Å². The average molecular weight is 308 g/mol. The molecule has 0 atom stereocenters. The lowest BCUT2D eigenvalue weighted by Crippen LogP contribution is -2.21. The molecule has 0 aliphatic heterocycles. The van der Waals surface area contributed by atoms with Crippen molar-refractivity contribution < 1.29 is 14.6 Å². The van der Waals surface area contributed by atoms with Crippen LogP contribution in [-0.2, 0) is 6.54 Å². The van der Waals surface area contributed by atoms with Gasteiger partial charge in [-0.1, -0.05) is 30.3 Å². The van der Waals surface area contributed by atoms with E-state index in [1.807, 2.05) is 54.8 Å². The Bertz CT molecular complexity index is 864. The van der Waals surface area contributed by atoms with Crippen molar-refractivity contribution in [2.45, 2.75) is 20.4 Å². The third kappa shape index (κ3) is 3.06. The lowest BCUT2D eigenvalue weighted by molar-refractivity contribution is -0.254. The summed E-state index contributed by atoms with van der Waals surface area (Å²) >= 11 is 0. The minimum absolute atomic E-state index is 0.215. The Morgan fingerprint density at radius 2 is 1.96 bits per heavy atom. The number of nitrogens with zero attached hydrogens (tertiary/aromatic N) is 1. The lowest BCUT2D eigenvalue weighted by Gasteiger charge is -2.11. The highest BCUT2D eigenvalue weighted by molar-refractivity contribution is 6.02. The summed E-state index contributed by atoms with van der Waals surface area (Å²) in [6.07, 6.45) is 1.62. The van der Waals surface area contributed by atoms with Crippen molar-refractivity contribution in [1.82, 2.24) is 4.57 Å². The first-order valence-corrected chi connectivity index (χ1v) is 7.55. The van der Waals surface area contributed by atoms with Crippen LogP contribution in [0.4, 0.5) is 0 Å². The highest BCUT2D eigenvalue weighted by Crippen LogP contribution is 2.22. The van der Waals surface area contributed by atoms with E-state index < -0.39 is 5.97 Å². The van der Waals surface area contributed by atoms with Crippen LogP contribution in [0.5, 0.6) is 5.75 Å². The molecule has 1 aromatic heterocycles. The van der Waals surface area contributed by atoms with Gasteiger partial charge in [-0.05, 0) is 37.1 Å². The average Bonchev–Trinajstić information content (AvgIpc) is 2.90. The van der Waals surface area contributed by atoms with Crippen LogP contribution in [0.2, 0.25) is 0 Å². The molecule has 23 heavy (non-hydrogen) atoms. The molecule has 0 spiro atoms. The molecule has 4 heteroatoms. The molecule has 2 aromatic carbocycles. The van der Waals surface area contributed by atoms with E-state index in [9.17, 15) is 9.90 Å². The summed E-state index contributed by atoms with van der Waals surface area (Å²) in [5, 5.41) is 11.9. The predicted octanol–water partition coefficient (Wildman–Crippen LogP) is 2.70. The Morgan fingerprint density at radius 1 is 1.17 bits per heavy atom. The fourth-order valence-corrected chi connectivity index (χ4v) is 2.71. The monoisotopic (exact) mass is 308 g/mol. The van der Waals surface area contributed by atoms with E-state index in [0.29, 0.717) is 18.5 Å². The van der Waals surface area contributed by atoms with Crippen molar-refractivity contribution in [3.8, 4) is 5.75 Å². The molecule has 0 bridgehead atoms. The number of aromatic carboxylic acids is 1. The highest BCUT2D eigenvalue weighted by atomic mass is 16.5. The zero-order chi connectivity index (χ0) is 16.4. The number of carbonyl (C=O) groups excluding carboxylic acids is 1. The number of carbonyl (C=O) groups is 1. The number of para-hydroxylation sites is 1. The first kappa shape index (κ1) is 15.2. The fourth-order valence-electron chi connectivity index (χ4n) is 2.71. The quantitative estimate of drug-likeness (QED) is 0.728. The summed E-state index contributed by atoms with van der Waals surface area (Å²) in [7, 11) is 0. The molecular weight excluding hydrogens is 290 g/mol. The van der Waals surface area contributed by atoms with E-state index >= 15 is 0 Å². The van der Waals surface area contributed by atoms with E-state index in [0.717, 1.165) is 22.4 Å². The molecule has 4 nitrogen and oxygen atoms in total. The largest absolute Gasteiger partial charge is 0.545 e. The fraction of sp³-hybridized carbons (Fsp3) is 0.211. The summed E-state index contributed by atoms with van der Waals surface area (Å²) in [6.45, 7) is 5.07. The van der Waals surface area contributed by atoms with Crippen LogP contribution in [0.15, 0.2) is 48.7 Å². The van der Waals surface area contributed by atoms with E-state index in [1.165, 1.54) is 0 Å². The number of hydrogen-bond acceptors (Lipinski definition) is 3. The Morgan fingerprint density at radius 3 is 2.74 bits per heavy atom. The normalized spacial score (nSPS) is 10.9. The molecule has 0 amide bonds. The number of aryl methyl sites for hydroxylation is 2. The third-order valence-electron chi connectivity index (χ3n) is 3.94. The molecule has 0 N–H and O–H groups in total. The van der Waals surface area contributed by atoms with Crippen molar-refractivity contribution in [3.05, 3.63) is 65.4 Å². The Kier molecular flexibility index (Phi) is 4.06. The van der Waals surface area contributed by atoms with E-state index in [4.69, 9.17) is 4.74 Å². The number of carboxylic acids is 1. The summed E-state index contributed by atoms with van der Waals surface area (Å²) in [5.41, 5.74) is 3.32. The zero-order valence-corrected chi connectivity index (χ0v) is 13.2. The number of carboxylic acid groups (broad SMARTS) is 1. The van der Waals surface area contributed by atoms with Crippen LogP contribution in [0.25, 0.3) is 10.9 Å². The molecule has 1 heterocycles. The maximum atomic E-state index is 11.2. The van der Waals surface area contributed by atoms with Crippen molar-refractivity contribution in [1.29, 1.82) is 0 Å². The summed E-state index contributed by atoms with van der Waals surface area (Å²) in [4.78, 5) is 11.2. The maximum absolute atomic E-state index is 11.2. The molecular formula is C19H18NO3-. The van der Waals surface area contributed by atoms with Gasteiger partial charge in [0.1, 0.15) is 12.4 Å². The van der Waals surface area contributed by atoms with Gasteiger partial charge in [-0.15, -0.1) is 0 Å². The number of benzene rings is 2. The number of hydrogen-bond donors (Lipinski definition) is 0. The van der Waals surface area contributed by atoms with Crippen LogP contribution in [-0.4, -0.2) is 17.1 Å². The van der Waals surface area contributed by atoms with Crippen LogP contribution < -0.4 is 9.84 Å². The summed E-state index contributed by atoms with van der Waals surface area (Å²) < 4.78 is 7.75. The van der Waals surface area contributed by atoms with Gasteiger partial charge in [0.05, 0.1) is 12.5 Å². The van der Waals surface area contributed by atoms with Crippen molar-refractivity contribution in [2.24, 2.45) is 0 Å². The highest BCUT2D eigenvalue weighted by Gasteiger charge is 2.09. The number of aromatic nitrogens is 1. The number of rotatable bonds is 5. The van der Waals surface area contributed by atoms with Crippen LogP contribution >= 0.6 is 0 Å². The van der Waals surface area contributed by atoms with Crippen LogP contribution in [0, 0.1) is 13.8 Å². The van der Waals surface area contributed by atoms with Gasteiger partial charge in [0.25, 0.3) is 0 Å². The second-order valence-electron chi connectivity index (χ2n) is 5.66. The molecule has 0 fully saturated rings. The van der Waals surface area contributed by atoms with Crippen LogP contribution in [0.3, 0.4) is 0 Å². The topological polar surface area (TPSA) is 54.3 Å². The van der Waals surface area contributed by atoms with Crippen molar-refractivity contribution >= 4 is 16.9 Å². The third-order valence-corrected chi connectivity index (χ3v) is 3.94. The number of fused-ring (bicyclic) bond motifs is 1. The molecule has 0 radical (unpaired) electrons. The second-order valence-corrected chi connectivity index (χ2v) is 5.66. The second kappa shape index (κ2) is 6.16. The molecule has 3 aromatic rings. The molecule has 0 saturated carbocycles. The minimum atomic E-state index is -1.16. The first-order chi connectivity index (χ1) is 11.1. The molecule has 0 aliphatic carbocycles. The first-order valence-electron chi connectivity index (χ1n) is 7.55. The molecule has 118 valence electrons. The smallest absolute Gasteiger partial charge is 0.122 e. The maximum Gasteiger partial charge on any atom is 0.122 e. The van der Waals surface area contributed by atoms with Crippen molar-refractivity contribution in [3.63, 3.8) is 0 Å². The molecule has 0 aliphatic rings. The van der Waals surface area contributed by atoms with E-state index in [1.54, 1.807) is 12.3 Å². The minimum Gasteiger partial charge on any atom is -0.545 e. The van der Waals surface area contributed by atoms with Gasteiger partial charge in [0.2, 0.25) is 0 Å².